The zero-order valence-electron chi connectivity index (χ0n) is 2.32. The monoisotopic (exact) mass is 81.1 g/mol. The molecule has 0 spiro atoms. The van der Waals surface area contributed by atoms with Gasteiger partial charge in [0.15, 0.2) is 0 Å². The van der Waals surface area contributed by atoms with Crippen LogP contribution in [0.1, 0.15) is 7.43 Å². The van der Waals surface area contributed by atoms with E-state index in [-0.39, 0.29) is 19.1 Å². The van der Waals surface area contributed by atoms with Gasteiger partial charge in [0.1, 0.15) is 6.79 Å². The summed E-state index contributed by atoms with van der Waals surface area (Å²) < 4.78 is 0. The normalized spacial score (nSPS) is 0.800. The molecule has 0 aromatic carbocycles. The standard InChI is InChI=1S/CH2O.CH4.H3N.H2O/c1-2;;;/h1H2;1H4;1H3;1H2. The Morgan fingerprint density at radius 2 is 1.20 bits per heavy atom. The lowest BCUT2D eigenvalue weighted by Crippen LogP contribution is -0.925. The maximum Gasteiger partial charge on any atom is 0.106 e. The summed E-state index contributed by atoms with van der Waals surface area (Å²) in [6.07, 6.45) is 0. The molecule has 0 aliphatic rings. The van der Waals surface area contributed by atoms with E-state index in [0.29, 0.717) is 0 Å². The molecule has 3 nitrogen and oxygen atoms in total. The number of rotatable bonds is 0. The highest BCUT2D eigenvalue weighted by Crippen LogP contribution is 0.494. The second-order valence-corrected chi connectivity index (χ2v) is 0. The molecular formula is C2H11NO2. The second kappa shape index (κ2) is 143. The van der Waals surface area contributed by atoms with E-state index in [1.165, 1.54) is 0 Å². The third kappa shape index (κ3) is 54.0. The van der Waals surface area contributed by atoms with Crippen LogP contribution in [0.2, 0.25) is 0 Å². The molecule has 5 N–H and O–H groups in total. The van der Waals surface area contributed by atoms with Crippen molar-refractivity contribution < 1.29 is 10.3 Å². The quantitative estimate of drug-likeness (QED) is 0.437. The van der Waals surface area contributed by atoms with Crippen molar-refractivity contribution in [2.75, 3.05) is 0 Å². The summed E-state index contributed by atoms with van der Waals surface area (Å²) in [6.45, 7) is 2.00. The lowest BCUT2D eigenvalue weighted by Gasteiger charge is -0.837. The van der Waals surface area contributed by atoms with E-state index >= 15 is 0 Å². The van der Waals surface area contributed by atoms with Crippen molar-refractivity contribution in [2.24, 2.45) is 0 Å². The fraction of sp³-hybridized carbons (Fsp3) is 0.500. The van der Waals surface area contributed by atoms with Gasteiger partial charge in [-0.2, -0.15) is 0 Å². The van der Waals surface area contributed by atoms with Crippen LogP contribution < -0.4 is 6.15 Å². The molecule has 0 saturated carbocycles. The van der Waals surface area contributed by atoms with Gasteiger partial charge in [0.25, 0.3) is 0 Å². The minimum atomic E-state index is 0. The van der Waals surface area contributed by atoms with Crippen LogP contribution in [0.5, 0.6) is 0 Å². The van der Waals surface area contributed by atoms with Crippen LogP contribution in [-0.4, -0.2) is 12.3 Å². The Morgan fingerprint density at radius 1 is 1.20 bits per heavy atom. The molecule has 0 aliphatic heterocycles. The third-order valence-corrected chi connectivity index (χ3v) is 0. The molecule has 0 aliphatic carbocycles. The van der Waals surface area contributed by atoms with E-state index in [1.807, 2.05) is 6.79 Å². The van der Waals surface area contributed by atoms with E-state index in [9.17, 15) is 0 Å². The molecule has 36 valence electrons. The average Bonchev–Trinajstić information content (AvgIpc) is 1.00. The lowest BCUT2D eigenvalue weighted by atomic mass is 11.9. The third-order valence-electron chi connectivity index (χ3n) is 0. The van der Waals surface area contributed by atoms with Crippen molar-refractivity contribution in [1.29, 1.82) is 0 Å². The van der Waals surface area contributed by atoms with Crippen LogP contribution >= 0.6 is 0 Å². The van der Waals surface area contributed by atoms with E-state index in [1.54, 1.807) is 0 Å². The fourth-order valence-corrected chi connectivity index (χ4v) is 0. The number of carbonyl (C=O) groups excluding carboxylic acids is 1. The summed E-state index contributed by atoms with van der Waals surface area (Å²) in [5.74, 6) is 0. The van der Waals surface area contributed by atoms with Gasteiger partial charge in [-0.1, -0.05) is 7.43 Å². The molecule has 0 radical (unpaired) electrons. The van der Waals surface area contributed by atoms with Crippen LogP contribution in [0.4, 0.5) is 0 Å². The molecule has 0 fully saturated rings. The van der Waals surface area contributed by atoms with Crippen LogP contribution in [-0.2, 0) is 4.79 Å². The van der Waals surface area contributed by atoms with Crippen molar-refractivity contribution in [3.05, 3.63) is 0 Å². The highest BCUT2D eigenvalue weighted by atomic mass is 16.1. The molecular weight excluding hydrogens is 70.0 g/mol. The zero-order chi connectivity index (χ0) is 2.00. The summed E-state index contributed by atoms with van der Waals surface area (Å²) in [4.78, 5) is 8.00. The number of carbonyl (C=O) groups is 1. The second-order valence-electron chi connectivity index (χ2n) is 0. The van der Waals surface area contributed by atoms with E-state index < -0.39 is 0 Å². The van der Waals surface area contributed by atoms with Crippen molar-refractivity contribution in [1.82, 2.24) is 6.15 Å². The van der Waals surface area contributed by atoms with Crippen molar-refractivity contribution in [2.45, 2.75) is 7.43 Å². The molecule has 0 rings (SSSR count). The molecule has 3 heteroatoms. The molecule has 0 unspecified atom stereocenters. The minimum absolute atomic E-state index is 0. The highest BCUT2D eigenvalue weighted by Gasteiger charge is 0.636. The highest BCUT2D eigenvalue weighted by molar-refractivity contribution is 5.10. The van der Waals surface area contributed by atoms with Crippen molar-refractivity contribution in [3.63, 3.8) is 0 Å². The summed E-state index contributed by atoms with van der Waals surface area (Å²) in [6, 6.07) is 0. The van der Waals surface area contributed by atoms with Gasteiger partial charge in [-0.15, -0.1) is 0 Å². The molecule has 0 aromatic heterocycles. The Kier molecular flexibility index (Phi) is 4870. The van der Waals surface area contributed by atoms with Gasteiger partial charge < -0.3 is 16.4 Å². The van der Waals surface area contributed by atoms with Crippen LogP contribution in [0, 0.1) is 0 Å². The van der Waals surface area contributed by atoms with E-state index in [0.717, 1.165) is 0 Å². The molecule has 0 bridgehead atoms. The van der Waals surface area contributed by atoms with Crippen LogP contribution in [0.15, 0.2) is 0 Å². The Bertz CT molecular complexity index is 7.61. The Balaban J connectivity index is -0.00000000167. The van der Waals surface area contributed by atoms with E-state index in [2.05, 4.69) is 0 Å². The summed E-state index contributed by atoms with van der Waals surface area (Å²) in [5.41, 5.74) is 0. The summed E-state index contributed by atoms with van der Waals surface area (Å²) in [7, 11) is 0. The van der Waals surface area contributed by atoms with Gasteiger partial charge in [-0.25, -0.2) is 0 Å². The smallest absolute Gasteiger partial charge is 0.106 e. The first-order valence-electron chi connectivity index (χ1n) is 0.289. The fourth-order valence-electron chi connectivity index (χ4n) is 0. The molecule has 0 aromatic rings. The largest absolute Gasteiger partial charge is 0.412 e. The zero-order valence-corrected chi connectivity index (χ0v) is 2.32. The van der Waals surface area contributed by atoms with Gasteiger partial charge in [0.2, 0.25) is 0 Å². The van der Waals surface area contributed by atoms with Gasteiger partial charge in [-0.3, -0.25) is 0 Å². The molecule has 0 heterocycles. The number of hydrogen-bond acceptors (Lipinski definition) is 2. The van der Waals surface area contributed by atoms with Gasteiger partial charge in [0, 0.05) is 0 Å². The molecule has 5 heavy (non-hydrogen) atoms. The predicted octanol–water partition coefficient (Wildman–Crippen LogP) is -0.212. The first-order valence-corrected chi connectivity index (χ1v) is 0.289. The first-order chi connectivity index (χ1) is 1.00. The lowest BCUT2D eigenvalue weighted by molar-refractivity contribution is -0.0979. The Hall–Kier alpha value is -0.410. The molecule has 0 amide bonds. The molecule has 0 saturated heterocycles. The average molecular weight is 81.1 g/mol. The SMILES string of the molecule is C.C=O.N.O. The minimum Gasteiger partial charge on any atom is -0.412 e. The van der Waals surface area contributed by atoms with Crippen molar-refractivity contribution >= 4 is 6.79 Å². The Morgan fingerprint density at radius 3 is 1.20 bits per heavy atom. The molecule has 0 atom stereocenters. The van der Waals surface area contributed by atoms with Gasteiger partial charge in [-0.05, 0) is 0 Å². The van der Waals surface area contributed by atoms with Crippen LogP contribution in [0.3, 0.4) is 0 Å². The summed E-state index contributed by atoms with van der Waals surface area (Å²) in [5, 5.41) is 0. The topological polar surface area (TPSA) is 83.6 Å². The van der Waals surface area contributed by atoms with Crippen molar-refractivity contribution in [3.8, 4) is 0 Å². The van der Waals surface area contributed by atoms with Gasteiger partial charge >= 0.3 is 0 Å². The Labute approximate surface area is 31.9 Å². The predicted molar refractivity (Wildman–Crippen MR) is 22.5 cm³/mol. The van der Waals surface area contributed by atoms with Gasteiger partial charge in [0.05, 0.1) is 0 Å². The maximum atomic E-state index is 8.00. The van der Waals surface area contributed by atoms with Crippen LogP contribution in [0.25, 0.3) is 0 Å². The van der Waals surface area contributed by atoms with E-state index in [4.69, 9.17) is 4.79 Å². The first kappa shape index (κ1) is 170. The maximum absolute atomic E-state index is 8.00. The number of hydrogen-bond donors (Lipinski definition) is 1. The summed E-state index contributed by atoms with van der Waals surface area (Å²) >= 11 is 0.